The summed E-state index contributed by atoms with van der Waals surface area (Å²) >= 11 is 1.26. The van der Waals surface area contributed by atoms with Crippen LogP contribution < -0.4 is 15.4 Å². The van der Waals surface area contributed by atoms with E-state index in [9.17, 15) is 14.7 Å². The highest BCUT2D eigenvalue weighted by Crippen LogP contribution is 2.36. The average Bonchev–Trinajstić information content (AvgIpc) is 3.08. The van der Waals surface area contributed by atoms with E-state index in [1.807, 2.05) is 20.8 Å². The molecule has 0 aliphatic carbocycles. The first-order valence-corrected chi connectivity index (χ1v) is 9.67. The number of thiophene rings is 1. The molecule has 0 atom stereocenters. The maximum absolute atomic E-state index is 12.3. The van der Waals surface area contributed by atoms with Crippen LogP contribution in [0.5, 0.6) is 11.5 Å². The molecule has 0 aliphatic heterocycles. The van der Waals surface area contributed by atoms with Crippen molar-refractivity contribution in [1.29, 1.82) is 0 Å². The second-order valence-electron chi connectivity index (χ2n) is 7.30. The van der Waals surface area contributed by atoms with Gasteiger partial charge < -0.3 is 15.2 Å². The van der Waals surface area contributed by atoms with Crippen molar-refractivity contribution in [3.05, 3.63) is 65.3 Å². The fourth-order valence-corrected chi connectivity index (χ4v) is 3.53. The van der Waals surface area contributed by atoms with E-state index in [1.165, 1.54) is 11.3 Å². The van der Waals surface area contributed by atoms with Gasteiger partial charge in [-0.05, 0) is 47.9 Å². The molecule has 29 heavy (non-hydrogen) atoms. The number of anilines is 2. The molecule has 0 bridgehead atoms. The molecule has 2 amide bonds. The first-order chi connectivity index (χ1) is 13.7. The Morgan fingerprint density at radius 3 is 2.21 bits per heavy atom. The molecule has 0 saturated carbocycles. The standard InChI is InChI=1S/C21H21N3O4S/c1-21(2,3)17-12-16(19(25)26)18(29-17)24-20(27)23-13-4-6-14(7-5-13)28-15-8-10-22-11-9-15/h4-12H,1-3H3,(H,25,26)(H2,23,24,27). The van der Waals surface area contributed by atoms with E-state index < -0.39 is 12.0 Å². The zero-order valence-corrected chi connectivity index (χ0v) is 17.0. The molecular formula is C21H21N3O4S. The molecule has 2 aromatic heterocycles. The van der Waals surface area contributed by atoms with Gasteiger partial charge in [0, 0.05) is 23.0 Å². The third-order valence-electron chi connectivity index (χ3n) is 3.93. The number of pyridine rings is 1. The molecule has 0 unspecified atom stereocenters. The topological polar surface area (TPSA) is 101 Å². The third-order valence-corrected chi connectivity index (χ3v) is 5.40. The van der Waals surface area contributed by atoms with Crippen LogP contribution >= 0.6 is 11.3 Å². The van der Waals surface area contributed by atoms with Gasteiger partial charge in [-0.3, -0.25) is 10.3 Å². The van der Waals surface area contributed by atoms with Crippen LogP contribution in [0.2, 0.25) is 0 Å². The van der Waals surface area contributed by atoms with Crippen LogP contribution in [0.15, 0.2) is 54.9 Å². The minimum absolute atomic E-state index is 0.0798. The monoisotopic (exact) mass is 411 g/mol. The SMILES string of the molecule is CC(C)(C)c1cc(C(=O)O)c(NC(=O)Nc2ccc(Oc3ccncc3)cc2)s1. The van der Waals surface area contributed by atoms with Crippen molar-refractivity contribution in [3.8, 4) is 11.5 Å². The zero-order chi connectivity index (χ0) is 21.0. The second-order valence-corrected chi connectivity index (χ2v) is 8.35. The highest BCUT2D eigenvalue weighted by atomic mass is 32.1. The van der Waals surface area contributed by atoms with E-state index in [0.29, 0.717) is 22.2 Å². The van der Waals surface area contributed by atoms with Gasteiger partial charge in [-0.2, -0.15) is 0 Å². The van der Waals surface area contributed by atoms with Crippen molar-refractivity contribution < 1.29 is 19.4 Å². The van der Waals surface area contributed by atoms with Crippen LogP contribution in [0, 0.1) is 0 Å². The number of carboxylic acids is 1. The summed E-state index contributed by atoms with van der Waals surface area (Å²) in [6.45, 7) is 5.97. The lowest BCUT2D eigenvalue weighted by atomic mass is 9.94. The number of hydrogen-bond donors (Lipinski definition) is 3. The first-order valence-electron chi connectivity index (χ1n) is 8.86. The van der Waals surface area contributed by atoms with Gasteiger partial charge in [0.05, 0.1) is 5.56 Å². The third kappa shape index (κ3) is 5.32. The zero-order valence-electron chi connectivity index (χ0n) is 16.2. The van der Waals surface area contributed by atoms with Crippen LogP contribution in [-0.2, 0) is 5.41 Å². The van der Waals surface area contributed by atoms with E-state index in [1.54, 1.807) is 54.9 Å². The molecule has 7 nitrogen and oxygen atoms in total. The number of urea groups is 1. The Labute approximate surface area is 172 Å². The number of carbonyl (C=O) groups is 2. The molecule has 0 saturated heterocycles. The number of aromatic carboxylic acids is 1. The highest BCUT2D eigenvalue weighted by molar-refractivity contribution is 7.16. The number of nitrogens with zero attached hydrogens (tertiary/aromatic N) is 1. The normalized spacial score (nSPS) is 11.0. The van der Waals surface area contributed by atoms with Gasteiger partial charge >= 0.3 is 12.0 Å². The molecule has 1 aromatic carbocycles. The van der Waals surface area contributed by atoms with Gasteiger partial charge in [0.25, 0.3) is 0 Å². The van der Waals surface area contributed by atoms with Crippen molar-refractivity contribution in [2.45, 2.75) is 26.2 Å². The second kappa shape index (κ2) is 8.32. The minimum atomic E-state index is -1.08. The number of amides is 2. The number of nitrogens with one attached hydrogen (secondary N) is 2. The van der Waals surface area contributed by atoms with Crippen molar-refractivity contribution in [2.75, 3.05) is 10.6 Å². The summed E-state index contributed by atoms with van der Waals surface area (Å²) < 4.78 is 5.68. The first kappa shape index (κ1) is 20.3. The Balaban J connectivity index is 1.66. The Bertz CT molecular complexity index is 1010. The van der Waals surface area contributed by atoms with Crippen LogP contribution in [0.1, 0.15) is 36.0 Å². The quantitative estimate of drug-likeness (QED) is 0.509. The summed E-state index contributed by atoms with van der Waals surface area (Å²) in [5.74, 6) is 0.195. The van der Waals surface area contributed by atoms with Crippen molar-refractivity contribution in [3.63, 3.8) is 0 Å². The predicted octanol–water partition coefficient (Wildman–Crippen LogP) is 5.58. The lowest BCUT2D eigenvalue weighted by Gasteiger charge is -2.15. The smallest absolute Gasteiger partial charge is 0.338 e. The number of carbonyl (C=O) groups excluding carboxylic acids is 1. The lowest BCUT2D eigenvalue weighted by Crippen LogP contribution is -2.19. The Kier molecular flexibility index (Phi) is 5.84. The van der Waals surface area contributed by atoms with Gasteiger partial charge in [-0.1, -0.05) is 20.8 Å². The lowest BCUT2D eigenvalue weighted by molar-refractivity contribution is 0.0698. The van der Waals surface area contributed by atoms with Crippen LogP contribution in [0.4, 0.5) is 15.5 Å². The van der Waals surface area contributed by atoms with E-state index in [4.69, 9.17) is 4.74 Å². The molecule has 150 valence electrons. The molecule has 3 N–H and O–H groups in total. The number of aromatic nitrogens is 1. The summed E-state index contributed by atoms with van der Waals surface area (Å²) in [5.41, 5.74) is 0.417. The van der Waals surface area contributed by atoms with Crippen molar-refractivity contribution >= 4 is 34.0 Å². The maximum atomic E-state index is 12.3. The van der Waals surface area contributed by atoms with Gasteiger partial charge in [-0.25, -0.2) is 9.59 Å². The van der Waals surface area contributed by atoms with E-state index >= 15 is 0 Å². The Morgan fingerprint density at radius 1 is 1.00 bits per heavy atom. The number of hydrogen-bond acceptors (Lipinski definition) is 5. The van der Waals surface area contributed by atoms with Gasteiger partial charge in [-0.15, -0.1) is 11.3 Å². The minimum Gasteiger partial charge on any atom is -0.478 e. The molecule has 3 rings (SSSR count). The molecular weight excluding hydrogens is 390 g/mol. The number of carboxylic acid groups (broad SMARTS) is 1. The summed E-state index contributed by atoms with van der Waals surface area (Å²) in [6, 6.07) is 11.4. The van der Waals surface area contributed by atoms with E-state index in [0.717, 1.165) is 4.88 Å². The summed E-state index contributed by atoms with van der Waals surface area (Å²) in [4.78, 5) is 28.7. The Hall–Kier alpha value is -3.39. The molecule has 3 aromatic rings. The number of rotatable bonds is 5. The molecule has 0 aliphatic rings. The van der Waals surface area contributed by atoms with Crippen LogP contribution in [0.25, 0.3) is 0 Å². The summed E-state index contributed by atoms with van der Waals surface area (Å²) in [5, 5.41) is 15.0. The van der Waals surface area contributed by atoms with E-state index in [2.05, 4.69) is 15.6 Å². The van der Waals surface area contributed by atoms with E-state index in [-0.39, 0.29) is 11.0 Å². The number of benzene rings is 1. The van der Waals surface area contributed by atoms with Gasteiger partial charge in [0.1, 0.15) is 16.5 Å². The van der Waals surface area contributed by atoms with Gasteiger partial charge in [0.2, 0.25) is 0 Å². The molecule has 2 heterocycles. The molecule has 0 radical (unpaired) electrons. The molecule has 8 heteroatoms. The van der Waals surface area contributed by atoms with Crippen molar-refractivity contribution in [2.24, 2.45) is 0 Å². The fraction of sp³-hybridized carbons (Fsp3) is 0.190. The summed E-state index contributed by atoms with van der Waals surface area (Å²) in [6.07, 6.45) is 3.27. The number of ether oxygens (including phenoxy) is 1. The average molecular weight is 411 g/mol. The predicted molar refractivity (Wildman–Crippen MR) is 113 cm³/mol. The van der Waals surface area contributed by atoms with Gasteiger partial charge in [0.15, 0.2) is 0 Å². The summed E-state index contributed by atoms with van der Waals surface area (Å²) in [7, 11) is 0. The largest absolute Gasteiger partial charge is 0.478 e. The maximum Gasteiger partial charge on any atom is 0.338 e. The Morgan fingerprint density at radius 2 is 1.62 bits per heavy atom. The van der Waals surface area contributed by atoms with Crippen LogP contribution in [0.3, 0.4) is 0 Å². The van der Waals surface area contributed by atoms with Crippen LogP contribution in [-0.4, -0.2) is 22.1 Å². The van der Waals surface area contributed by atoms with Crippen molar-refractivity contribution in [1.82, 2.24) is 4.98 Å². The molecule has 0 fully saturated rings. The highest BCUT2D eigenvalue weighted by Gasteiger charge is 2.23. The molecule has 0 spiro atoms. The fourth-order valence-electron chi connectivity index (χ4n) is 2.43.